The Morgan fingerprint density at radius 3 is 2.84 bits per heavy atom. The number of aromatic nitrogens is 2. The zero-order chi connectivity index (χ0) is 17.1. The van der Waals surface area contributed by atoms with E-state index in [0.717, 1.165) is 57.8 Å². The molecule has 0 saturated carbocycles. The van der Waals surface area contributed by atoms with Crippen LogP contribution in [0.3, 0.4) is 0 Å². The maximum atomic E-state index is 12.0. The SMILES string of the molecule is O=C(NCC1CN(c2cc3c(nn2)CCCC3)C1)NC1CCOCC1. The Balaban J connectivity index is 1.19. The fourth-order valence-corrected chi connectivity index (χ4v) is 3.83. The van der Waals surface area contributed by atoms with Gasteiger partial charge in [-0.25, -0.2) is 4.79 Å². The molecule has 0 unspecified atom stereocenters. The summed E-state index contributed by atoms with van der Waals surface area (Å²) in [7, 11) is 0. The monoisotopic (exact) mass is 345 g/mol. The van der Waals surface area contributed by atoms with Gasteiger partial charge in [0.15, 0.2) is 5.82 Å². The molecule has 0 radical (unpaired) electrons. The predicted octanol–water partition coefficient (Wildman–Crippen LogP) is 1.27. The molecule has 1 aromatic rings. The van der Waals surface area contributed by atoms with Crippen LogP contribution in [0.4, 0.5) is 10.6 Å². The Labute approximate surface area is 148 Å². The molecule has 0 aromatic carbocycles. The molecule has 3 aliphatic rings. The van der Waals surface area contributed by atoms with Gasteiger partial charge in [-0.3, -0.25) is 0 Å². The molecule has 136 valence electrons. The van der Waals surface area contributed by atoms with E-state index in [0.29, 0.717) is 12.5 Å². The number of amides is 2. The lowest BCUT2D eigenvalue weighted by molar-refractivity contribution is 0.0800. The smallest absolute Gasteiger partial charge is 0.315 e. The fourth-order valence-electron chi connectivity index (χ4n) is 3.83. The number of hydrogen-bond acceptors (Lipinski definition) is 5. The third-order valence-electron chi connectivity index (χ3n) is 5.45. The van der Waals surface area contributed by atoms with E-state index in [1.165, 1.54) is 24.1 Å². The second kappa shape index (κ2) is 7.56. The summed E-state index contributed by atoms with van der Waals surface area (Å²) in [6.45, 7) is 4.06. The highest BCUT2D eigenvalue weighted by Gasteiger charge is 2.29. The van der Waals surface area contributed by atoms with Crippen molar-refractivity contribution in [1.29, 1.82) is 0 Å². The summed E-state index contributed by atoms with van der Waals surface area (Å²) < 4.78 is 5.31. The summed E-state index contributed by atoms with van der Waals surface area (Å²) in [5, 5.41) is 14.8. The van der Waals surface area contributed by atoms with Gasteiger partial charge < -0.3 is 20.3 Å². The number of carbonyl (C=O) groups excluding carboxylic acids is 1. The van der Waals surface area contributed by atoms with Crippen LogP contribution in [0.15, 0.2) is 6.07 Å². The van der Waals surface area contributed by atoms with Gasteiger partial charge in [-0.05, 0) is 50.2 Å². The van der Waals surface area contributed by atoms with E-state index in [-0.39, 0.29) is 12.1 Å². The number of hydrogen-bond donors (Lipinski definition) is 2. The van der Waals surface area contributed by atoms with Crippen LogP contribution in [-0.2, 0) is 17.6 Å². The summed E-state index contributed by atoms with van der Waals surface area (Å²) in [6, 6.07) is 2.40. The van der Waals surface area contributed by atoms with Crippen LogP contribution < -0.4 is 15.5 Å². The first-order chi connectivity index (χ1) is 12.3. The minimum atomic E-state index is -0.0566. The van der Waals surface area contributed by atoms with E-state index in [9.17, 15) is 4.79 Å². The number of nitrogens with one attached hydrogen (secondary N) is 2. The van der Waals surface area contributed by atoms with Crippen molar-refractivity contribution in [1.82, 2.24) is 20.8 Å². The molecule has 2 fully saturated rings. The van der Waals surface area contributed by atoms with Gasteiger partial charge in [0.2, 0.25) is 0 Å². The summed E-state index contributed by atoms with van der Waals surface area (Å²) in [6.07, 6.45) is 6.49. The lowest BCUT2D eigenvalue weighted by atomic mass is 9.95. The molecule has 3 heterocycles. The number of ether oxygens (including phenoxy) is 1. The van der Waals surface area contributed by atoms with Crippen molar-refractivity contribution >= 4 is 11.8 Å². The first-order valence-electron chi connectivity index (χ1n) is 9.50. The van der Waals surface area contributed by atoms with E-state index >= 15 is 0 Å². The first kappa shape index (κ1) is 16.6. The molecule has 7 nitrogen and oxygen atoms in total. The van der Waals surface area contributed by atoms with Crippen LogP contribution in [0.1, 0.15) is 36.9 Å². The van der Waals surface area contributed by atoms with Crippen molar-refractivity contribution in [3.8, 4) is 0 Å². The molecule has 0 bridgehead atoms. The highest BCUT2D eigenvalue weighted by molar-refractivity contribution is 5.74. The Hall–Kier alpha value is -1.89. The number of fused-ring (bicyclic) bond motifs is 1. The molecule has 2 saturated heterocycles. The van der Waals surface area contributed by atoms with E-state index in [1.54, 1.807) is 0 Å². The molecule has 2 N–H and O–H groups in total. The highest BCUT2D eigenvalue weighted by atomic mass is 16.5. The van der Waals surface area contributed by atoms with Crippen molar-refractivity contribution in [3.63, 3.8) is 0 Å². The Morgan fingerprint density at radius 2 is 2.00 bits per heavy atom. The quantitative estimate of drug-likeness (QED) is 0.859. The minimum Gasteiger partial charge on any atom is -0.381 e. The Morgan fingerprint density at radius 1 is 1.20 bits per heavy atom. The number of carbonyl (C=O) groups is 1. The summed E-state index contributed by atoms with van der Waals surface area (Å²) in [5.41, 5.74) is 2.55. The van der Waals surface area contributed by atoms with Crippen LogP contribution >= 0.6 is 0 Å². The Kier molecular flexibility index (Phi) is 5.01. The van der Waals surface area contributed by atoms with Crippen LogP contribution in [0.25, 0.3) is 0 Å². The maximum Gasteiger partial charge on any atom is 0.315 e. The largest absolute Gasteiger partial charge is 0.381 e. The number of nitrogens with zero attached hydrogens (tertiary/aromatic N) is 3. The van der Waals surface area contributed by atoms with Crippen LogP contribution in [-0.4, -0.2) is 55.1 Å². The lowest BCUT2D eigenvalue weighted by Crippen LogP contribution is -2.54. The molecular weight excluding hydrogens is 318 g/mol. The van der Waals surface area contributed by atoms with E-state index < -0.39 is 0 Å². The third-order valence-corrected chi connectivity index (χ3v) is 5.45. The molecule has 0 spiro atoms. The van der Waals surface area contributed by atoms with Crippen molar-refractivity contribution in [2.75, 3.05) is 37.7 Å². The summed E-state index contributed by atoms with van der Waals surface area (Å²) in [5.74, 6) is 1.47. The minimum absolute atomic E-state index is 0.0566. The number of urea groups is 1. The zero-order valence-electron chi connectivity index (χ0n) is 14.7. The van der Waals surface area contributed by atoms with Gasteiger partial charge in [0.25, 0.3) is 0 Å². The summed E-state index contributed by atoms with van der Waals surface area (Å²) >= 11 is 0. The van der Waals surface area contributed by atoms with Gasteiger partial charge in [0, 0.05) is 44.8 Å². The molecule has 4 rings (SSSR count). The molecular formula is C18H27N5O2. The molecule has 0 atom stereocenters. The standard InChI is InChI=1S/C18H27N5O2/c24-18(20-15-5-7-25-8-6-15)19-10-13-11-23(12-13)17-9-14-3-1-2-4-16(14)21-22-17/h9,13,15H,1-8,10-12H2,(H2,19,20,24). The van der Waals surface area contributed by atoms with Gasteiger partial charge in [0.05, 0.1) is 5.69 Å². The molecule has 25 heavy (non-hydrogen) atoms. The van der Waals surface area contributed by atoms with Crippen LogP contribution in [0.2, 0.25) is 0 Å². The molecule has 1 aromatic heterocycles. The van der Waals surface area contributed by atoms with Crippen LogP contribution in [0.5, 0.6) is 0 Å². The predicted molar refractivity (Wildman–Crippen MR) is 94.8 cm³/mol. The van der Waals surface area contributed by atoms with Gasteiger partial charge in [-0.15, -0.1) is 5.10 Å². The maximum absolute atomic E-state index is 12.0. The lowest BCUT2D eigenvalue weighted by Gasteiger charge is -2.40. The average molecular weight is 345 g/mol. The van der Waals surface area contributed by atoms with E-state index in [4.69, 9.17) is 4.74 Å². The zero-order valence-corrected chi connectivity index (χ0v) is 14.7. The van der Waals surface area contributed by atoms with Crippen molar-refractivity contribution in [3.05, 3.63) is 17.3 Å². The van der Waals surface area contributed by atoms with Crippen molar-refractivity contribution < 1.29 is 9.53 Å². The third kappa shape index (κ3) is 4.03. The molecule has 2 aliphatic heterocycles. The van der Waals surface area contributed by atoms with Crippen molar-refractivity contribution in [2.45, 2.75) is 44.6 Å². The van der Waals surface area contributed by atoms with Gasteiger partial charge in [0.1, 0.15) is 0 Å². The van der Waals surface area contributed by atoms with Gasteiger partial charge in [-0.2, -0.15) is 5.10 Å². The topological polar surface area (TPSA) is 79.4 Å². The second-order valence-electron chi connectivity index (χ2n) is 7.39. The normalized spacial score (nSPS) is 21.4. The average Bonchev–Trinajstić information content (AvgIpc) is 2.61. The van der Waals surface area contributed by atoms with Crippen LogP contribution in [0, 0.1) is 5.92 Å². The molecule has 2 amide bonds. The van der Waals surface area contributed by atoms with Gasteiger partial charge >= 0.3 is 6.03 Å². The molecule has 1 aliphatic carbocycles. The van der Waals surface area contributed by atoms with E-state index in [1.807, 2.05) is 0 Å². The number of aryl methyl sites for hydroxylation is 2. The number of anilines is 1. The number of rotatable bonds is 4. The Bertz CT molecular complexity index is 611. The van der Waals surface area contributed by atoms with Gasteiger partial charge in [-0.1, -0.05) is 0 Å². The first-order valence-corrected chi connectivity index (χ1v) is 9.50. The fraction of sp³-hybridized carbons (Fsp3) is 0.722. The van der Waals surface area contributed by atoms with E-state index in [2.05, 4.69) is 31.8 Å². The second-order valence-corrected chi connectivity index (χ2v) is 7.39. The summed E-state index contributed by atoms with van der Waals surface area (Å²) in [4.78, 5) is 14.2. The molecule has 7 heteroatoms. The van der Waals surface area contributed by atoms with Crippen molar-refractivity contribution in [2.24, 2.45) is 5.92 Å². The highest BCUT2D eigenvalue weighted by Crippen LogP contribution is 2.26.